The van der Waals surface area contributed by atoms with E-state index in [1.807, 2.05) is 0 Å². The summed E-state index contributed by atoms with van der Waals surface area (Å²) in [6, 6.07) is 4.18. The molecule has 0 saturated carbocycles. The van der Waals surface area contributed by atoms with Crippen molar-refractivity contribution in [1.29, 1.82) is 0 Å². The molecule has 1 atom stereocenters. The van der Waals surface area contributed by atoms with Gasteiger partial charge in [-0.2, -0.15) is 0 Å². The number of aliphatic carboxylic acids is 1. The van der Waals surface area contributed by atoms with E-state index in [0.29, 0.717) is 5.56 Å². The number of aliphatic hydroxyl groups is 1. The number of carbonyl (C=O) groups is 2. The van der Waals surface area contributed by atoms with Crippen molar-refractivity contribution in [2.45, 2.75) is 38.9 Å². The smallest absolute Gasteiger partial charge is 0.412 e. The number of hydrogen-bond acceptors (Lipinski definition) is 5. The third kappa shape index (κ3) is 5.70. The fourth-order valence-electron chi connectivity index (χ4n) is 1.53. The summed E-state index contributed by atoms with van der Waals surface area (Å²) < 4.78 is 5.04. The minimum Gasteiger partial charge on any atom is -0.506 e. The topological polar surface area (TPSA) is 116 Å². The molecular weight excluding hydrogens is 278 g/mol. The van der Waals surface area contributed by atoms with Crippen molar-refractivity contribution in [3.8, 4) is 5.75 Å². The summed E-state index contributed by atoms with van der Waals surface area (Å²) in [6.07, 6.45) is -2.40. The monoisotopic (exact) mass is 297 g/mol. The number of benzene rings is 1. The molecule has 1 aromatic rings. The molecule has 0 heterocycles. The minimum absolute atomic E-state index is 0.137. The molecule has 0 radical (unpaired) electrons. The molecular formula is C14H19NO6. The molecule has 0 fully saturated rings. The van der Waals surface area contributed by atoms with Gasteiger partial charge < -0.3 is 20.1 Å². The number of carbonyl (C=O) groups excluding carboxylic acids is 1. The van der Waals surface area contributed by atoms with Gasteiger partial charge in [0.1, 0.15) is 11.4 Å². The van der Waals surface area contributed by atoms with Crippen molar-refractivity contribution in [3.63, 3.8) is 0 Å². The van der Waals surface area contributed by atoms with Crippen LogP contribution in [-0.4, -0.2) is 39.1 Å². The first-order valence-electron chi connectivity index (χ1n) is 6.31. The second-order valence-corrected chi connectivity index (χ2v) is 5.54. The molecule has 0 aliphatic carbocycles. The SMILES string of the molecule is CC(C)(C)OC(=O)Nc1ccc(CC(O)C(=O)O)cc1O. The molecule has 0 aromatic heterocycles. The number of aromatic hydroxyl groups is 1. The molecule has 0 aliphatic heterocycles. The Morgan fingerprint density at radius 3 is 2.43 bits per heavy atom. The van der Waals surface area contributed by atoms with Gasteiger partial charge in [-0.3, -0.25) is 5.32 Å². The average Bonchev–Trinajstić information content (AvgIpc) is 2.30. The van der Waals surface area contributed by atoms with Crippen LogP contribution in [0.4, 0.5) is 10.5 Å². The van der Waals surface area contributed by atoms with Crippen LogP contribution in [0.1, 0.15) is 26.3 Å². The van der Waals surface area contributed by atoms with Crippen molar-refractivity contribution in [1.82, 2.24) is 0 Å². The first-order valence-corrected chi connectivity index (χ1v) is 6.31. The van der Waals surface area contributed by atoms with Gasteiger partial charge in [0, 0.05) is 6.42 Å². The van der Waals surface area contributed by atoms with Crippen LogP contribution in [0.25, 0.3) is 0 Å². The third-order valence-corrected chi connectivity index (χ3v) is 2.41. The van der Waals surface area contributed by atoms with Crippen LogP contribution in [-0.2, 0) is 16.0 Å². The predicted molar refractivity (Wildman–Crippen MR) is 75.3 cm³/mol. The fourth-order valence-corrected chi connectivity index (χ4v) is 1.53. The Hall–Kier alpha value is -2.28. The van der Waals surface area contributed by atoms with Gasteiger partial charge in [-0.15, -0.1) is 0 Å². The quantitative estimate of drug-likeness (QED) is 0.629. The molecule has 0 spiro atoms. The Morgan fingerprint density at radius 1 is 1.33 bits per heavy atom. The molecule has 1 amide bonds. The Balaban J connectivity index is 2.75. The van der Waals surface area contributed by atoms with Gasteiger partial charge in [0.15, 0.2) is 6.10 Å². The molecule has 1 unspecified atom stereocenters. The maximum atomic E-state index is 11.6. The zero-order valence-electron chi connectivity index (χ0n) is 12.1. The summed E-state index contributed by atoms with van der Waals surface area (Å²) in [5.74, 6) is -1.58. The summed E-state index contributed by atoms with van der Waals surface area (Å²) in [4.78, 5) is 22.1. The highest BCUT2D eigenvalue weighted by molar-refractivity contribution is 5.87. The maximum Gasteiger partial charge on any atom is 0.412 e. The lowest BCUT2D eigenvalue weighted by Gasteiger charge is -2.20. The summed E-state index contributed by atoms with van der Waals surface area (Å²) in [5, 5.41) is 30.0. The number of hydrogen-bond donors (Lipinski definition) is 4. The molecule has 1 rings (SSSR count). The van der Waals surface area contributed by atoms with E-state index in [9.17, 15) is 19.8 Å². The number of carboxylic acids is 1. The van der Waals surface area contributed by atoms with Gasteiger partial charge in [-0.25, -0.2) is 9.59 Å². The number of phenolic OH excluding ortho intramolecular Hbond substituents is 1. The third-order valence-electron chi connectivity index (χ3n) is 2.41. The van der Waals surface area contributed by atoms with Crippen LogP contribution >= 0.6 is 0 Å². The molecule has 0 saturated heterocycles. The Kier molecular flexibility index (Phi) is 5.15. The van der Waals surface area contributed by atoms with E-state index in [4.69, 9.17) is 9.84 Å². The number of aliphatic hydroxyl groups excluding tert-OH is 1. The normalized spacial score (nSPS) is 12.6. The summed E-state index contributed by atoms with van der Waals surface area (Å²) in [7, 11) is 0. The largest absolute Gasteiger partial charge is 0.506 e. The second-order valence-electron chi connectivity index (χ2n) is 5.54. The number of amides is 1. The molecule has 7 heteroatoms. The van der Waals surface area contributed by atoms with Crippen LogP contribution in [0, 0.1) is 0 Å². The zero-order chi connectivity index (χ0) is 16.2. The van der Waals surface area contributed by atoms with Gasteiger partial charge in [0.05, 0.1) is 5.69 Å². The van der Waals surface area contributed by atoms with E-state index in [-0.39, 0.29) is 17.9 Å². The van der Waals surface area contributed by atoms with E-state index < -0.39 is 23.8 Å². The Labute approximate surface area is 122 Å². The first-order chi connectivity index (χ1) is 9.58. The van der Waals surface area contributed by atoms with Crippen molar-refractivity contribution in [3.05, 3.63) is 23.8 Å². The molecule has 0 aliphatic rings. The van der Waals surface area contributed by atoms with Crippen LogP contribution in [0.3, 0.4) is 0 Å². The van der Waals surface area contributed by atoms with Gasteiger partial charge in [-0.1, -0.05) is 6.07 Å². The van der Waals surface area contributed by atoms with E-state index in [1.54, 1.807) is 20.8 Å². The fraction of sp³-hybridized carbons (Fsp3) is 0.429. The average molecular weight is 297 g/mol. The van der Waals surface area contributed by atoms with Crippen LogP contribution < -0.4 is 5.32 Å². The number of ether oxygens (including phenoxy) is 1. The van der Waals surface area contributed by atoms with E-state index in [1.165, 1.54) is 18.2 Å². The van der Waals surface area contributed by atoms with Crippen LogP contribution in [0.15, 0.2) is 18.2 Å². The van der Waals surface area contributed by atoms with Crippen molar-refractivity contribution >= 4 is 17.7 Å². The summed E-state index contributed by atoms with van der Waals surface area (Å²) in [5.41, 5.74) is -0.0967. The van der Waals surface area contributed by atoms with Crippen LogP contribution in [0.2, 0.25) is 0 Å². The van der Waals surface area contributed by atoms with Gasteiger partial charge in [0.25, 0.3) is 0 Å². The molecule has 1 aromatic carbocycles. The Morgan fingerprint density at radius 2 is 1.95 bits per heavy atom. The highest BCUT2D eigenvalue weighted by Gasteiger charge is 2.18. The first kappa shape index (κ1) is 16.8. The van der Waals surface area contributed by atoms with Crippen molar-refractivity contribution < 1.29 is 29.6 Å². The number of carboxylic acid groups (broad SMARTS) is 1. The number of nitrogens with one attached hydrogen (secondary N) is 1. The van der Waals surface area contributed by atoms with Crippen molar-refractivity contribution in [2.24, 2.45) is 0 Å². The van der Waals surface area contributed by atoms with E-state index in [0.717, 1.165) is 0 Å². The van der Waals surface area contributed by atoms with Gasteiger partial charge >= 0.3 is 12.1 Å². The lowest BCUT2D eigenvalue weighted by Crippen LogP contribution is -2.27. The van der Waals surface area contributed by atoms with E-state index in [2.05, 4.69) is 5.32 Å². The lowest BCUT2D eigenvalue weighted by atomic mass is 10.1. The van der Waals surface area contributed by atoms with Crippen molar-refractivity contribution in [2.75, 3.05) is 5.32 Å². The van der Waals surface area contributed by atoms with Crippen LogP contribution in [0.5, 0.6) is 5.75 Å². The molecule has 116 valence electrons. The standard InChI is InChI=1S/C14H19NO6/c1-14(2,3)21-13(20)15-9-5-4-8(6-10(9)16)7-11(17)12(18)19/h4-6,11,16-17H,7H2,1-3H3,(H,15,20)(H,18,19). The molecule has 7 nitrogen and oxygen atoms in total. The highest BCUT2D eigenvalue weighted by atomic mass is 16.6. The van der Waals surface area contributed by atoms with Gasteiger partial charge in [0.2, 0.25) is 0 Å². The molecule has 0 bridgehead atoms. The highest BCUT2D eigenvalue weighted by Crippen LogP contribution is 2.25. The Bertz CT molecular complexity index is 535. The lowest BCUT2D eigenvalue weighted by molar-refractivity contribution is -0.146. The maximum absolute atomic E-state index is 11.6. The second kappa shape index (κ2) is 6.45. The number of rotatable bonds is 4. The predicted octanol–water partition coefficient (Wildman–Crippen LogP) is 1.73. The molecule has 4 N–H and O–H groups in total. The number of anilines is 1. The number of phenols is 1. The zero-order valence-corrected chi connectivity index (χ0v) is 12.1. The van der Waals surface area contributed by atoms with E-state index >= 15 is 0 Å². The van der Waals surface area contributed by atoms with Gasteiger partial charge in [-0.05, 0) is 38.5 Å². The molecule has 21 heavy (non-hydrogen) atoms. The minimum atomic E-state index is -1.55. The summed E-state index contributed by atoms with van der Waals surface area (Å²) >= 11 is 0. The summed E-state index contributed by atoms with van der Waals surface area (Å²) in [6.45, 7) is 5.13.